The van der Waals surface area contributed by atoms with E-state index in [9.17, 15) is 9.18 Å². The first kappa shape index (κ1) is 15.8. The summed E-state index contributed by atoms with van der Waals surface area (Å²) in [5.41, 5.74) is 6.38. The zero-order chi connectivity index (χ0) is 15.6. The van der Waals surface area contributed by atoms with Gasteiger partial charge in [0.05, 0.1) is 5.56 Å². The lowest BCUT2D eigenvalue weighted by Crippen LogP contribution is -2.47. The molecular weight excluding hydrogens is 269 g/mol. The number of likely N-dealkylation sites (tertiary alicyclic amines) is 1. The molecule has 1 heterocycles. The summed E-state index contributed by atoms with van der Waals surface area (Å²) in [5, 5.41) is 0. The number of rotatable bonds is 3. The topological polar surface area (TPSA) is 49.6 Å². The molecule has 0 spiro atoms. The number of benzene rings is 1. The van der Waals surface area contributed by atoms with Crippen LogP contribution in [-0.4, -0.2) is 47.9 Å². The molecule has 1 aromatic rings. The number of anilines is 1. The van der Waals surface area contributed by atoms with Crippen LogP contribution >= 0.6 is 0 Å². The number of hydrogen-bond acceptors (Lipinski definition) is 3. The predicted octanol–water partition coefficient (Wildman–Crippen LogP) is 2.35. The Morgan fingerprint density at radius 3 is 2.57 bits per heavy atom. The van der Waals surface area contributed by atoms with Crippen LogP contribution in [0.2, 0.25) is 0 Å². The average molecular weight is 293 g/mol. The summed E-state index contributed by atoms with van der Waals surface area (Å²) in [5.74, 6) is -0.634. The number of nitrogen functional groups attached to an aromatic ring is 1. The Balaban J connectivity index is 2.05. The monoisotopic (exact) mass is 293 g/mol. The first-order valence-corrected chi connectivity index (χ1v) is 7.46. The third kappa shape index (κ3) is 3.53. The predicted molar refractivity (Wildman–Crippen MR) is 82.6 cm³/mol. The van der Waals surface area contributed by atoms with Gasteiger partial charge in [-0.2, -0.15) is 0 Å². The van der Waals surface area contributed by atoms with Crippen molar-refractivity contribution in [3.05, 3.63) is 29.6 Å². The average Bonchev–Trinajstić information content (AvgIpc) is 2.48. The minimum absolute atomic E-state index is 0.190. The highest BCUT2D eigenvalue weighted by molar-refractivity contribution is 5.99. The van der Waals surface area contributed by atoms with Gasteiger partial charge in [0.25, 0.3) is 5.91 Å². The lowest BCUT2D eigenvalue weighted by atomic mass is 10.0. The molecule has 0 aliphatic carbocycles. The van der Waals surface area contributed by atoms with E-state index in [4.69, 9.17) is 5.73 Å². The molecule has 1 saturated heterocycles. The molecule has 21 heavy (non-hydrogen) atoms. The number of nitrogens with two attached hydrogens (primary N) is 1. The number of halogens is 1. The third-order valence-corrected chi connectivity index (χ3v) is 4.34. The Kier molecular flexibility index (Phi) is 4.83. The maximum Gasteiger partial charge on any atom is 0.256 e. The number of carbonyl (C=O) groups excluding carboxylic acids is 1. The van der Waals surface area contributed by atoms with Gasteiger partial charge in [-0.3, -0.25) is 4.79 Å². The van der Waals surface area contributed by atoms with Crippen LogP contribution in [-0.2, 0) is 0 Å². The molecule has 4 nitrogen and oxygen atoms in total. The lowest BCUT2D eigenvalue weighted by Gasteiger charge is -2.38. The van der Waals surface area contributed by atoms with E-state index in [1.54, 1.807) is 11.9 Å². The van der Waals surface area contributed by atoms with Crippen molar-refractivity contribution >= 4 is 11.6 Å². The van der Waals surface area contributed by atoms with E-state index in [0.29, 0.717) is 11.7 Å². The molecule has 1 aromatic carbocycles. The molecule has 1 fully saturated rings. The van der Waals surface area contributed by atoms with Gasteiger partial charge in [-0.15, -0.1) is 0 Å². The van der Waals surface area contributed by atoms with Gasteiger partial charge >= 0.3 is 0 Å². The van der Waals surface area contributed by atoms with Crippen molar-refractivity contribution < 1.29 is 9.18 Å². The van der Waals surface area contributed by atoms with Crippen molar-refractivity contribution in [3.63, 3.8) is 0 Å². The van der Waals surface area contributed by atoms with Crippen LogP contribution in [0.3, 0.4) is 0 Å². The van der Waals surface area contributed by atoms with Crippen molar-refractivity contribution in [3.8, 4) is 0 Å². The Hall–Kier alpha value is -1.62. The maximum absolute atomic E-state index is 13.3. The first-order chi connectivity index (χ1) is 9.90. The van der Waals surface area contributed by atoms with Gasteiger partial charge in [-0.25, -0.2) is 4.39 Å². The third-order valence-electron chi connectivity index (χ3n) is 4.34. The molecule has 1 aliphatic heterocycles. The highest BCUT2D eigenvalue weighted by atomic mass is 19.1. The number of hydrogen-bond donors (Lipinski definition) is 1. The van der Waals surface area contributed by atoms with E-state index in [2.05, 4.69) is 18.7 Å². The van der Waals surface area contributed by atoms with Crippen LogP contribution in [0.15, 0.2) is 18.2 Å². The summed E-state index contributed by atoms with van der Waals surface area (Å²) in [6, 6.07) is 4.66. The molecule has 0 saturated carbocycles. The van der Waals surface area contributed by atoms with Crippen molar-refractivity contribution in [2.75, 3.05) is 25.9 Å². The fourth-order valence-electron chi connectivity index (χ4n) is 2.86. The summed E-state index contributed by atoms with van der Waals surface area (Å²) in [4.78, 5) is 16.6. The molecule has 5 heteroatoms. The van der Waals surface area contributed by atoms with Gasteiger partial charge in [-0.05, 0) is 44.9 Å². The zero-order valence-corrected chi connectivity index (χ0v) is 13.0. The lowest BCUT2D eigenvalue weighted by molar-refractivity contribution is 0.0616. The SMILES string of the molecule is CC(C)N1CCC(N(C)C(=O)c2cc(F)ccc2N)CC1. The molecule has 0 aromatic heterocycles. The summed E-state index contributed by atoms with van der Waals surface area (Å²) in [6.45, 7) is 6.34. The summed E-state index contributed by atoms with van der Waals surface area (Å²) >= 11 is 0. The van der Waals surface area contributed by atoms with Gasteiger partial charge in [-0.1, -0.05) is 0 Å². The Labute approximate surface area is 125 Å². The van der Waals surface area contributed by atoms with E-state index < -0.39 is 5.82 Å². The van der Waals surface area contributed by atoms with Crippen LogP contribution in [0.4, 0.5) is 10.1 Å². The van der Waals surface area contributed by atoms with E-state index in [0.717, 1.165) is 25.9 Å². The van der Waals surface area contributed by atoms with Crippen LogP contribution in [0.5, 0.6) is 0 Å². The van der Waals surface area contributed by atoms with E-state index in [1.165, 1.54) is 18.2 Å². The fourth-order valence-corrected chi connectivity index (χ4v) is 2.86. The van der Waals surface area contributed by atoms with E-state index in [-0.39, 0.29) is 17.5 Å². The number of carbonyl (C=O) groups is 1. The van der Waals surface area contributed by atoms with Gasteiger partial charge < -0.3 is 15.5 Å². The van der Waals surface area contributed by atoms with Crippen molar-refractivity contribution in [2.24, 2.45) is 0 Å². The van der Waals surface area contributed by atoms with Crippen molar-refractivity contribution in [1.82, 2.24) is 9.80 Å². The van der Waals surface area contributed by atoms with Crippen LogP contribution in [0.25, 0.3) is 0 Å². The quantitative estimate of drug-likeness (QED) is 0.870. The molecule has 1 aliphatic rings. The minimum atomic E-state index is -0.435. The highest BCUT2D eigenvalue weighted by Crippen LogP contribution is 2.21. The second-order valence-electron chi connectivity index (χ2n) is 6.01. The normalized spacial score (nSPS) is 17.2. The Bertz CT molecular complexity index is 510. The van der Waals surface area contributed by atoms with Crippen molar-refractivity contribution in [2.45, 2.75) is 38.8 Å². The summed E-state index contributed by atoms with van der Waals surface area (Å²) < 4.78 is 13.3. The molecule has 0 unspecified atom stereocenters. The van der Waals surface area contributed by atoms with Crippen molar-refractivity contribution in [1.29, 1.82) is 0 Å². The first-order valence-electron chi connectivity index (χ1n) is 7.46. The van der Waals surface area contributed by atoms with Crippen LogP contribution in [0, 0.1) is 5.82 Å². The standard InChI is InChI=1S/C16H24FN3O/c1-11(2)20-8-6-13(7-9-20)19(3)16(21)14-10-12(17)4-5-15(14)18/h4-5,10-11,13H,6-9,18H2,1-3H3. The summed E-state index contributed by atoms with van der Waals surface area (Å²) in [6.07, 6.45) is 1.88. The largest absolute Gasteiger partial charge is 0.398 e. The Morgan fingerprint density at radius 2 is 2.00 bits per heavy atom. The molecular formula is C16H24FN3O. The molecule has 0 bridgehead atoms. The second-order valence-corrected chi connectivity index (χ2v) is 6.01. The maximum atomic E-state index is 13.3. The van der Waals surface area contributed by atoms with Gasteiger partial charge in [0.2, 0.25) is 0 Å². The zero-order valence-electron chi connectivity index (χ0n) is 13.0. The minimum Gasteiger partial charge on any atom is -0.398 e. The molecule has 116 valence electrons. The Morgan fingerprint density at radius 1 is 1.38 bits per heavy atom. The van der Waals surface area contributed by atoms with E-state index in [1.807, 2.05) is 0 Å². The number of amides is 1. The second kappa shape index (κ2) is 6.43. The number of piperidine rings is 1. The number of nitrogens with zero attached hydrogens (tertiary/aromatic N) is 2. The van der Waals surface area contributed by atoms with Gasteiger partial charge in [0, 0.05) is 37.9 Å². The summed E-state index contributed by atoms with van der Waals surface area (Å²) in [7, 11) is 1.78. The van der Waals surface area contributed by atoms with Gasteiger partial charge in [0.15, 0.2) is 0 Å². The molecule has 1 amide bonds. The molecule has 0 radical (unpaired) electrons. The van der Waals surface area contributed by atoms with Gasteiger partial charge in [0.1, 0.15) is 5.82 Å². The molecule has 2 rings (SSSR count). The molecule has 0 atom stereocenters. The van der Waals surface area contributed by atoms with E-state index >= 15 is 0 Å². The highest BCUT2D eigenvalue weighted by Gasteiger charge is 2.27. The molecule has 2 N–H and O–H groups in total. The van der Waals surface area contributed by atoms with Crippen LogP contribution < -0.4 is 5.73 Å². The smallest absolute Gasteiger partial charge is 0.256 e. The fraction of sp³-hybridized carbons (Fsp3) is 0.562. The van der Waals surface area contributed by atoms with Crippen LogP contribution in [0.1, 0.15) is 37.0 Å².